The lowest BCUT2D eigenvalue weighted by atomic mass is 9.94. The number of fused-ring (bicyclic) bond motifs is 1. The second kappa shape index (κ2) is 9.82. The second-order valence-electron chi connectivity index (χ2n) is 10.3. The molecule has 0 radical (unpaired) electrons. The van der Waals surface area contributed by atoms with Gasteiger partial charge in [0.1, 0.15) is 0 Å². The van der Waals surface area contributed by atoms with Crippen LogP contribution in [-0.4, -0.2) is 72.1 Å². The van der Waals surface area contributed by atoms with E-state index in [1.54, 1.807) is 0 Å². The molecule has 2 aromatic rings. The van der Waals surface area contributed by atoms with Crippen molar-refractivity contribution in [3.63, 3.8) is 0 Å². The minimum absolute atomic E-state index is 0.0147. The lowest BCUT2D eigenvalue weighted by Crippen LogP contribution is -2.59. The lowest BCUT2D eigenvalue weighted by Gasteiger charge is -2.45. The van der Waals surface area contributed by atoms with Crippen LogP contribution < -0.4 is 5.32 Å². The average Bonchev–Trinajstić information content (AvgIpc) is 2.81. The maximum Gasteiger partial charge on any atom is 0.254 e. The van der Waals surface area contributed by atoms with Gasteiger partial charge in [-0.05, 0) is 57.4 Å². The predicted molar refractivity (Wildman–Crippen MR) is 131 cm³/mol. The molecule has 2 saturated heterocycles. The van der Waals surface area contributed by atoms with E-state index in [0.717, 1.165) is 36.7 Å². The fraction of sp³-hybridized carbons (Fsp3) is 0.556. The Bertz CT molecular complexity index is 990. The van der Waals surface area contributed by atoms with E-state index >= 15 is 0 Å². The third-order valence-corrected chi connectivity index (χ3v) is 7.07. The van der Waals surface area contributed by atoms with Crippen molar-refractivity contribution in [1.82, 2.24) is 15.1 Å². The number of benzene rings is 2. The Labute approximate surface area is 197 Å². The highest BCUT2D eigenvalue weighted by atomic mass is 16.5. The summed E-state index contributed by atoms with van der Waals surface area (Å²) >= 11 is 0. The maximum atomic E-state index is 13.3. The number of ether oxygens (including phenoxy) is 1. The van der Waals surface area contributed by atoms with Crippen LogP contribution in [0, 0.1) is 5.92 Å². The number of hydrogen-bond acceptors (Lipinski definition) is 4. The number of hydrogen-bond donors (Lipinski definition) is 1. The summed E-state index contributed by atoms with van der Waals surface area (Å²) in [5, 5.41) is 5.21. The third-order valence-electron chi connectivity index (χ3n) is 7.07. The van der Waals surface area contributed by atoms with Gasteiger partial charge in [0, 0.05) is 43.8 Å². The molecule has 2 aromatic carbocycles. The normalized spacial score (nSPS) is 24.6. The number of carbonyl (C=O) groups is 2. The summed E-state index contributed by atoms with van der Waals surface area (Å²) in [5.74, 6) is -0.107. The zero-order chi connectivity index (χ0) is 23.6. The summed E-state index contributed by atoms with van der Waals surface area (Å²) in [7, 11) is 0. The van der Waals surface area contributed by atoms with Crippen LogP contribution in [0.2, 0.25) is 0 Å². The molecule has 6 nitrogen and oxygen atoms in total. The van der Waals surface area contributed by atoms with Crippen LogP contribution in [-0.2, 0) is 9.53 Å². The number of piperidine rings is 1. The van der Waals surface area contributed by atoms with E-state index in [0.29, 0.717) is 25.2 Å². The minimum Gasteiger partial charge on any atom is -0.373 e. The molecule has 2 fully saturated rings. The molecule has 0 aromatic heterocycles. The van der Waals surface area contributed by atoms with E-state index in [1.807, 2.05) is 47.4 Å². The van der Waals surface area contributed by atoms with Crippen LogP contribution in [0.4, 0.5) is 0 Å². The fourth-order valence-electron chi connectivity index (χ4n) is 5.19. The molecule has 2 aliphatic rings. The van der Waals surface area contributed by atoms with E-state index in [4.69, 9.17) is 4.74 Å². The molecule has 0 spiro atoms. The molecule has 3 atom stereocenters. The molecular weight excluding hydrogens is 414 g/mol. The second-order valence-corrected chi connectivity index (χ2v) is 10.3. The zero-order valence-corrected chi connectivity index (χ0v) is 20.3. The summed E-state index contributed by atoms with van der Waals surface area (Å²) in [6.45, 7) is 12.0. The van der Waals surface area contributed by atoms with Gasteiger partial charge in [-0.25, -0.2) is 0 Å². The number of amides is 2. The van der Waals surface area contributed by atoms with Crippen LogP contribution in [0.25, 0.3) is 10.8 Å². The zero-order valence-electron chi connectivity index (χ0n) is 20.3. The maximum absolute atomic E-state index is 13.3. The monoisotopic (exact) mass is 451 g/mol. The van der Waals surface area contributed by atoms with Crippen molar-refractivity contribution >= 4 is 22.6 Å². The van der Waals surface area contributed by atoms with Gasteiger partial charge in [0.25, 0.3) is 5.91 Å². The van der Waals surface area contributed by atoms with Gasteiger partial charge in [0.05, 0.1) is 18.1 Å². The number of carbonyl (C=O) groups excluding carboxylic acids is 2. The van der Waals surface area contributed by atoms with E-state index in [1.165, 1.54) is 0 Å². The van der Waals surface area contributed by atoms with E-state index in [-0.39, 0.29) is 35.5 Å². The van der Waals surface area contributed by atoms with Crippen molar-refractivity contribution in [2.75, 3.05) is 32.7 Å². The fourth-order valence-corrected chi connectivity index (χ4v) is 5.19. The van der Waals surface area contributed by atoms with E-state index in [2.05, 4.69) is 37.9 Å². The highest BCUT2D eigenvalue weighted by Crippen LogP contribution is 2.25. The largest absolute Gasteiger partial charge is 0.373 e. The first-order valence-corrected chi connectivity index (χ1v) is 12.2. The predicted octanol–water partition coefficient (Wildman–Crippen LogP) is 3.70. The number of nitrogens with zero attached hydrogens (tertiary/aromatic N) is 2. The molecule has 0 aliphatic carbocycles. The molecule has 2 amide bonds. The Morgan fingerprint density at radius 3 is 2.48 bits per heavy atom. The molecule has 0 bridgehead atoms. The first-order chi connectivity index (χ1) is 15.7. The first kappa shape index (κ1) is 23.7. The van der Waals surface area contributed by atoms with Crippen LogP contribution >= 0.6 is 0 Å². The van der Waals surface area contributed by atoms with Crippen LogP contribution in [0.15, 0.2) is 42.5 Å². The molecule has 6 heteroatoms. The highest BCUT2D eigenvalue weighted by molar-refractivity contribution is 6.07. The van der Waals surface area contributed by atoms with Gasteiger partial charge in [-0.1, -0.05) is 36.4 Å². The first-order valence-electron chi connectivity index (χ1n) is 12.2. The van der Waals surface area contributed by atoms with Crippen molar-refractivity contribution in [2.45, 2.75) is 58.3 Å². The summed E-state index contributed by atoms with van der Waals surface area (Å²) in [5.41, 5.74) is 0.556. The van der Waals surface area contributed by atoms with Crippen LogP contribution in [0.3, 0.4) is 0 Å². The van der Waals surface area contributed by atoms with Crippen LogP contribution in [0.5, 0.6) is 0 Å². The molecule has 178 valence electrons. The Kier molecular flexibility index (Phi) is 7.05. The van der Waals surface area contributed by atoms with E-state index in [9.17, 15) is 9.59 Å². The number of nitrogens with one attached hydrogen (secondary N) is 1. The van der Waals surface area contributed by atoms with Crippen molar-refractivity contribution in [3.8, 4) is 0 Å². The SMILES string of the molecule is C[C@@H]1CN(C(C)(C)CNC(=O)[C@H]2CCCN(C(=O)c3cccc4ccccc34)C2)C[C@H](C)O1. The number of likely N-dealkylation sites (tertiary alicyclic amines) is 1. The average molecular weight is 452 g/mol. The molecule has 1 N–H and O–H groups in total. The quantitative estimate of drug-likeness (QED) is 0.753. The minimum atomic E-state index is -0.170. The number of morpholine rings is 1. The van der Waals surface area contributed by atoms with Crippen molar-refractivity contribution in [1.29, 1.82) is 0 Å². The lowest BCUT2D eigenvalue weighted by molar-refractivity contribution is -0.128. The summed E-state index contributed by atoms with van der Waals surface area (Å²) in [6.07, 6.45) is 2.04. The van der Waals surface area contributed by atoms with Crippen LogP contribution in [0.1, 0.15) is 50.9 Å². The van der Waals surface area contributed by atoms with Gasteiger partial charge in [-0.2, -0.15) is 0 Å². The molecule has 0 saturated carbocycles. The van der Waals surface area contributed by atoms with Gasteiger partial charge in [-0.15, -0.1) is 0 Å². The van der Waals surface area contributed by atoms with Gasteiger partial charge in [-0.3, -0.25) is 14.5 Å². The Morgan fingerprint density at radius 2 is 1.73 bits per heavy atom. The number of rotatable bonds is 5. The molecule has 2 heterocycles. The Balaban J connectivity index is 1.38. The van der Waals surface area contributed by atoms with Gasteiger partial charge in [0.15, 0.2) is 0 Å². The Hall–Kier alpha value is -2.44. The van der Waals surface area contributed by atoms with Crippen molar-refractivity contribution in [2.24, 2.45) is 5.92 Å². The smallest absolute Gasteiger partial charge is 0.254 e. The highest BCUT2D eigenvalue weighted by Gasteiger charge is 2.35. The molecular formula is C27H37N3O3. The molecule has 33 heavy (non-hydrogen) atoms. The van der Waals surface area contributed by atoms with Gasteiger partial charge in [0.2, 0.25) is 5.91 Å². The third kappa shape index (κ3) is 5.39. The summed E-state index contributed by atoms with van der Waals surface area (Å²) < 4.78 is 5.86. The molecule has 4 rings (SSSR count). The summed E-state index contributed by atoms with van der Waals surface area (Å²) in [4.78, 5) is 30.7. The van der Waals surface area contributed by atoms with Gasteiger partial charge < -0.3 is 15.0 Å². The summed E-state index contributed by atoms with van der Waals surface area (Å²) in [6, 6.07) is 13.8. The molecule has 0 unspecified atom stereocenters. The standard InChI is InChI=1S/C27H37N3O3/c1-19-15-30(16-20(2)33-19)27(3,4)18-28-25(31)22-11-8-14-29(17-22)26(32)24-13-7-10-21-9-5-6-12-23(21)24/h5-7,9-10,12-13,19-20,22H,8,11,14-18H2,1-4H3,(H,28,31)/t19-,20+,22-/m0/s1. The topological polar surface area (TPSA) is 61.9 Å². The van der Waals surface area contributed by atoms with Crippen molar-refractivity contribution in [3.05, 3.63) is 48.0 Å². The van der Waals surface area contributed by atoms with E-state index < -0.39 is 0 Å². The van der Waals surface area contributed by atoms with Crippen molar-refractivity contribution < 1.29 is 14.3 Å². The Morgan fingerprint density at radius 1 is 1.03 bits per heavy atom. The molecule has 2 aliphatic heterocycles. The van der Waals surface area contributed by atoms with Gasteiger partial charge >= 0.3 is 0 Å².